The van der Waals surface area contributed by atoms with Crippen molar-refractivity contribution in [3.05, 3.63) is 35.9 Å². The smallest absolute Gasteiger partial charge is 0.233 e. The maximum Gasteiger partial charge on any atom is 0.233 e. The van der Waals surface area contributed by atoms with Gasteiger partial charge in [0.1, 0.15) is 18.8 Å². The van der Waals surface area contributed by atoms with Gasteiger partial charge in [-0.05, 0) is 12.0 Å². The molecule has 0 heterocycles. The summed E-state index contributed by atoms with van der Waals surface area (Å²) in [6.07, 6.45) is -3.71. The zero-order valence-electron chi connectivity index (χ0n) is 13.4. The minimum atomic E-state index is -2.24. The van der Waals surface area contributed by atoms with Gasteiger partial charge in [0.05, 0.1) is 12.6 Å². The van der Waals surface area contributed by atoms with E-state index >= 15 is 0 Å². The molecule has 1 amide bonds. The number of hydroxylamine groups is 2. The predicted molar refractivity (Wildman–Crippen MR) is 87.5 cm³/mol. The molecule has 0 bridgehead atoms. The van der Waals surface area contributed by atoms with Crippen LogP contribution in [-0.2, 0) is 25.3 Å². The van der Waals surface area contributed by atoms with Crippen LogP contribution in [0.3, 0.4) is 0 Å². The average molecular weight is 361 g/mol. The van der Waals surface area contributed by atoms with Gasteiger partial charge in [0.15, 0.2) is 8.03 Å². The number of nitrogens with zero attached hydrogens (tertiary/aromatic N) is 1. The van der Waals surface area contributed by atoms with Gasteiger partial charge < -0.3 is 19.8 Å². The Kier molecular flexibility index (Phi) is 9.78. The fourth-order valence-corrected chi connectivity index (χ4v) is 2.68. The van der Waals surface area contributed by atoms with Crippen LogP contribution < -0.4 is 0 Å². The third-order valence-electron chi connectivity index (χ3n) is 3.38. The van der Waals surface area contributed by atoms with Gasteiger partial charge in [0.25, 0.3) is 0 Å². The van der Waals surface area contributed by atoms with E-state index in [0.717, 1.165) is 10.6 Å². The average Bonchev–Trinajstić information content (AvgIpc) is 2.62. The topological polar surface area (TPSA) is 117 Å². The van der Waals surface area contributed by atoms with Crippen molar-refractivity contribution in [3.8, 4) is 0 Å². The number of carbonyl (C=O) groups excluding carboxylic acids is 1. The maximum absolute atomic E-state index is 11.2. The molecule has 3 N–H and O–H groups in total. The third-order valence-corrected chi connectivity index (χ3v) is 4.54. The summed E-state index contributed by atoms with van der Waals surface area (Å²) in [4.78, 5) is 16.2. The molecule has 0 aliphatic heterocycles. The second-order valence-electron chi connectivity index (χ2n) is 5.20. The van der Waals surface area contributed by atoms with Gasteiger partial charge in [-0.25, -0.2) is 5.06 Å². The Morgan fingerprint density at radius 3 is 2.46 bits per heavy atom. The number of carbonyl (C=O) groups is 1. The molecule has 1 rings (SSSR count). The Morgan fingerprint density at radius 2 is 1.88 bits per heavy atom. The van der Waals surface area contributed by atoms with Gasteiger partial charge in [-0.15, -0.1) is 0 Å². The van der Waals surface area contributed by atoms with Gasteiger partial charge in [0.2, 0.25) is 6.41 Å². The molecule has 9 heteroatoms. The number of aliphatic hydroxyl groups excluding tert-OH is 3. The van der Waals surface area contributed by atoms with E-state index in [1.165, 1.54) is 7.11 Å². The van der Waals surface area contributed by atoms with Crippen molar-refractivity contribution in [2.45, 2.75) is 31.3 Å². The first-order valence-electron chi connectivity index (χ1n) is 7.47. The Morgan fingerprint density at radius 1 is 1.21 bits per heavy atom. The molecule has 0 radical (unpaired) electrons. The molecule has 4 atom stereocenters. The Balaban J connectivity index is 2.42. The fourth-order valence-electron chi connectivity index (χ4n) is 1.95. The first-order valence-corrected chi connectivity index (χ1v) is 9.00. The molecule has 0 aliphatic rings. The highest BCUT2D eigenvalue weighted by Crippen LogP contribution is 2.22. The van der Waals surface area contributed by atoms with Gasteiger partial charge in [-0.2, -0.15) is 0 Å². The van der Waals surface area contributed by atoms with E-state index in [1.807, 2.05) is 30.3 Å². The van der Waals surface area contributed by atoms with Crippen molar-refractivity contribution < 1.29 is 34.0 Å². The number of hydrogen-bond acceptors (Lipinski definition) is 7. The van der Waals surface area contributed by atoms with Gasteiger partial charge in [0, 0.05) is 13.3 Å². The lowest BCUT2D eigenvalue weighted by molar-refractivity contribution is -0.192. The van der Waals surface area contributed by atoms with Crippen molar-refractivity contribution >= 4 is 14.4 Å². The van der Waals surface area contributed by atoms with E-state index < -0.39 is 26.3 Å². The van der Waals surface area contributed by atoms with E-state index in [9.17, 15) is 24.7 Å². The van der Waals surface area contributed by atoms with Crippen molar-refractivity contribution in [2.75, 3.05) is 19.8 Å². The van der Waals surface area contributed by atoms with Crippen LogP contribution in [-0.4, -0.2) is 64.9 Å². The minimum absolute atomic E-state index is 0.00975. The molecule has 0 aliphatic carbocycles. The van der Waals surface area contributed by atoms with E-state index in [0.29, 0.717) is 6.41 Å². The van der Waals surface area contributed by atoms with E-state index in [2.05, 4.69) is 4.52 Å². The molecule has 0 fully saturated rings. The first kappa shape index (κ1) is 20.8. The Hall–Kier alpha value is -1.28. The van der Waals surface area contributed by atoms with Gasteiger partial charge in [-0.3, -0.25) is 14.2 Å². The van der Waals surface area contributed by atoms with E-state index in [4.69, 9.17) is 4.84 Å². The molecule has 0 saturated heterocycles. The highest BCUT2D eigenvalue weighted by molar-refractivity contribution is 7.39. The summed E-state index contributed by atoms with van der Waals surface area (Å²) in [5, 5.41) is 30.4. The number of rotatable bonds is 12. The summed E-state index contributed by atoms with van der Waals surface area (Å²) in [6, 6.07) is 9.13. The standard InChI is InChI=1S/C15H24NO7P/c1-22-24(21)8-7-13(18)15(20)14(19)9-16(11-17)23-10-12-5-3-2-4-6-12/h2-6,11,13-15,18-20,24H,7-10H2,1H3/t13-,14+,15-/m1/s1. The predicted octanol–water partition coefficient (Wildman–Crippen LogP) is 0.170. The SMILES string of the molecule is CO[PH](=O)CC[C@@H](O)[C@@H](O)[C@@H](O)CN(C=O)OCc1ccccc1. The Labute approximate surface area is 141 Å². The third kappa shape index (κ3) is 7.53. The lowest BCUT2D eigenvalue weighted by atomic mass is 10.1. The molecule has 136 valence electrons. The summed E-state index contributed by atoms with van der Waals surface area (Å²) in [5.74, 6) is 0. The van der Waals surface area contributed by atoms with Crippen LogP contribution in [0.2, 0.25) is 0 Å². The van der Waals surface area contributed by atoms with Crippen molar-refractivity contribution in [3.63, 3.8) is 0 Å². The number of hydrogen-bond donors (Lipinski definition) is 3. The zero-order chi connectivity index (χ0) is 17.9. The van der Waals surface area contributed by atoms with Crippen LogP contribution in [0.15, 0.2) is 30.3 Å². The molecule has 0 saturated carbocycles. The van der Waals surface area contributed by atoms with Crippen LogP contribution in [0.4, 0.5) is 0 Å². The zero-order valence-corrected chi connectivity index (χ0v) is 14.4. The van der Waals surface area contributed by atoms with E-state index in [1.54, 1.807) is 0 Å². The monoisotopic (exact) mass is 361 g/mol. The summed E-state index contributed by atoms with van der Waals surface area (Å²) < 4.78 is 15.8. The largest absolute Gasteiger partial charge is 0.390 e. The Bertz CT molecular complexity index is 502. The first-order chi connectivity index (χ1) is 11.5. The summed E-state index contributed by atoms with van der Waals surface area (Å²) in [7, 11) is -0.946. The molecule has 0 aromatic heterocycles. The molecule has 1 aromatic carbocycles. The van der Waals surface area contributed by atoms with E-state index in [-0.39, 0.29) is 25.7 Å². The molecule has 1 unspecified atom stereocenters. The lowest BCUT2D eigenvalue weighted by Crippen LogP contribution is -2.44. The second kappa shape index (κ2) is 11.3. The van der Waals surface area contributed by atoms with Crippen molar-refractivity contribution in [1.82, 2.24) is 5.06 Å². The van der Waals surface area contributed by atoms with Crippen LogP contribution >= 0.6 is 8.03 Å². The van der Waals surface area contributed by atoms with Crippen LogP contribution in [0.25, 0.3) is 0 Å². The summed E-state index contributed by atoms with van der Waals surface area (Å²) in [6.45, 7) is -0.186. The quantitative estimate of drug-likeness (QED) is 0.276. The lowest BCUT2D eigenvalue weighted by Gasteiger charge is -2.26. The van der Waals surface area contributed by atoms with Gasteiger partial charge >= 0.3 is 0 Å². The van der Waals surface area contributed by atoms with Crippen molar-refractivity contribution in [1.29, 1.82) is 0 Å². The fraction of sp³-hybridized carbons (Fsp3) is 0.533. The number of aliphatic hydroxyl groups is 3. The summed E-state index contributed by atoms with van der Waals surface area (Å²) in [5.41, 5.74) is 0.837. The molecular weight excluding hydrogens is 337 g/mol. The minimum Gasteiger partial charge on any atom is -0.390 e. The summed E-state index contributed by atoms with van der Waals surface area (Å²) >= 11 is 0. The van der Waals surface area contributed by atoms with Crippen LogP contribution in [0.5, 0.6) is 0 Å². The maximum atomic E-state index is 11.2. The second-order valence-corrected chi connectivity index (χ2v) is 6.86. The molecule has 1 aromatic rings. The number of amides is 1. The highest BCUT2D eigenvalue weighted by Gasteiger charge is 2.26. The molecule has 8 nitrogen and oxygen atoms in total. The van der Waals surface area contributed by atoms with Crippen molar-refractivity contribution in [2.24, 2.45) is 0 Å². The van der Waals surface area contributed by atoms with Crippen LogP contribution in [0, 0.1) is 0 Å². The normalized spacial score (nSPS) is 16.2. The van der Waals surface area contributed by atoms with Crippen LogP contribution in [0.1, 0.15) is 12.0 Å². The number of benzene rings is 1. The molecular formula is C15H24NO7P. The van der Waals surface area contributed by atoms with Gasteiger partial charge in [-0.1, -0.05) is 30.3 Å². The molecule has 24 heavy (non-hydrogen) atoms. The molecule has 0 spiro atoms. The highest BCUT2D eigenvalue weighted by atomic mass is 31.1.